The Morgan fingerprint density at radius 2 is 2.16 bits per heavy atom. The average Bonchev–Trinajstić information content (AvgIpc) is 2.69. The first kappa shape index (κ1) is 14.0. The van der Waals surface area contributed by atoms with E-state index in [4.69, 9.17) is 5.14 Å². The van der Waals surface area contributed by atoms with Gasteiger partial charge >= 0.3 is 0 Å². The second-order valence-corrected chi connectivity index (χ2v) is 6.71. The molecule has 1 heterocycles. The zero-order chi connectivity index (χ0) is 14.0. The van der Waals surface area contributed by atoms with Crippen LogP contribution in [0.5, 0.6) is 0 Å². The first-order valence-corrected chi connectivity index (χ1v) is 7.95. The van der Waals surface area contributed by atoms with Gasteiger partial charge in [0.2, 0.25) is 10.0 Å². The van der Waals surface area contributed by atoms with E-state index in [1.54, 1.807) is 10.9 Å². The minimum atomic E-state index is -3.50. The number of nitrogens with zero attached hydrogens (tertiary/aromatic N) is 2. The van der Waals surface area contributed by atoms with E-state index in [9.17, 15) is 8.42 Å². The van der Waals surface area contributed by atoms with Crippen LogP contribution in [0.3, 0.4) is 0 Å². The van der Waals surface area contributed by atoms with Gasteiger partial charge in [-0.1, -0.05) is 25.5 Å². The highest BCUT2D eigenvalue weighted by atomic mass is 32.2. The molecule has 0 saturated carbocycles. The average molecular weight is 281 g/mol. The Morgan fingerprint density at radius 3 is 2.79 bits per heavy atom. The third kappa shape index (κ3) is 3.13. The molecule has 2 N–H and O–H groups in total. The largest absolute Gasteiger partial charge is 0.268 e. The Morgan fingerprint density at radius 1 is 1.42 bits per heavy atom. The van der Waals surface area contributed by atoms with E-state index in [1.165, 1.54) is 0 Å². The van der Waals surface area contributed by atoms with Crippen LogP contribution in [0.25, 0.3) is 10.9 Å². The van der Waals surface area contributed by atoms with Crippen molar-refractivity contribution in [2.75, 3.05) is 0 Å². The lowest BCUT2D eigenvalue weighted by molar-refractivity contribution is 0.568. The van der Waals surface area contributed by atoms with Crippen LogP contribution in [-0.2, 0) is 23.5 Å². The molecular weight excluding hydrogens is 262 g/mol. The van der Waals surface area contributed by atoms with Crippen molar-refractivity contribution in [2.24, 2.45) is 12.2 Å². The number of fused-ring (bicyclic) bond motifs is 1. The van der Waals surface area contributed by atoms with Gasteiger partial charge in [-0.25, -0.2) is 13.6 Å². The number of aryl methyl sites for hydroxylation is 1. The Hall–Kier alpha value is -1.40. The maximum atomic E-state index is 11.6. The Balaban J connectivity index is 2.31. The molecular formula is C13H19N3O2S. The normalized spacial score (nSPS) is 13.8. The molecule has 2 aromatic rings. The summed E-state index contributed by atoms with van der Waals surface area (Å²) in [6, 6.07) is 5.89. The van der Waals surface area contributed by atoms with Gasteiger partial charge in [-0.3, -0.25) is 4.68 Å². The topological polar surface area (TPSA) is 78.0 Å². The van der Waals surface area contributed by atoms with Crippen LogP contribution in [0.2, 0.25) is 0 Å². The van der Waals surface area contributed by atoms with Crippen molar-refractivity contribution in [3.8, 4) is 0 Å². The van der Waals surface area contributed by atoms with Crippen molar-refractivity contribution in [2.45, 2.75) is 31.4 Å². The van der Waals surface area contributed by atoms with E-state index in [1.807, 2.05) is 32.2 Å². The lowest BCUT2D eigenvalue weighted by atomic mass is 10.1. The van der Waals surface area contributed by atoms with Crippen molar-refractivity contribution in [3.05, 3.63) is 30.0 Å². The summed E-state index contributed by atoms with van der Waals surface area (Å²) in [7, 11) is -1.63. The van der Waals surface area contributed by atoms with Crippen LogP contribution in [0.4, 0.5) is 0 Å². The monoisotopic (exact) mass is 281 g/mol. The van der Waals surface area contributed by atoms with Gasteiger partial charge in [0.1, 0.15) is 0 Å². The highest BCUT2D eigenvalue weighted by Gasteiger charge is 2.21. The predicted molar refractivity (Wildman–Crippen MR) is 76.2 cm³/mol. The number of sulfonamides is 1. The molecule has 0 spiro atoms. The molecule has 19 heavy (non-hydrogen) atoms. The van der Waals surface area contributed by atoms with Gasteiger partial charge in [0.15, 0.2) is 0 Å². The first-order valence-electron chi connectivity index (χ1n) is 6.34. The lowest BCUT2D eigenvalue weighted by Crippen LogP contribution is -2.30. The molecule has 0 aliphatic carbocycles. The molecule has 104 valence electrons. The number of nitrogens with two attached hydrogens (primary N) is 1. The minimum Gasteiger partial charge on any atom is -0.268 e. The molecule has 2 rings (SSSR count). The number of hydrogen-bond donors (Lipinski definition) is 1. The summed E-state index contributed by atoms with van der Waals surface area (Å²) in [6.07, 6.45) is 3.63. The van der Waals surface area contributed by atoms with Gasteiger partial charge < -0.3 is 0 Å². The standard InChI is InChI=1S/C13H19N3O2S/c1-3-4-12(19(14,17)18)7-10-5-6-11-9-15-16(2)13(11)8-10/h5-6,8-9,12H,3-4,7H2,1-2H3,(H2,14,17,18). The van der Waals surface area contributed by atoms with Gasteiger partial charge in [-0.15, -0.1) is 0 Å². The van der Waals surface area contributed by atoms with E-state index < -0.39 is 15.3 Å². The molecule has 6 heteroatoms. The maximum Gasteiger partial charge on any atom is 0.212 e. The van der Waals surface area contributed by atoms with Crippen molar-refractivity contribution >= 4 is 20.9 Å². The summed E-state index contributed by atoms with van der Waals surface area (Å²) in [6.45, 7) is 1.96. The Labute approximate surface area is 113 Å². The van der Waals surface area contributed by atoms with Crippen LogP contribution in [0.1, 0.15) is 25.3 Å². The first-order chi connectivity index (χ1) is 8.91. The third-order valence-corrected chi connectivity index (χ3v) is 4.68. The second kappa shape index (κ2) is 5.30. The summed E-state index contributed by atoms with van der Waals surface area (Å²) in [5.74, 6) is 0. The Kier molecular flexibility index (Phi) is 3.91. The summed E-state index contributed by atoms with van der Waals surface area (Å²) in [5, 5.41) is 10.0. The summed E-state index contributed by atoms with van der Waals surface area (Å²) >= 11 is 0. The lowest BCUT2D eigenvalue weighted by Gasteiger charge is -2.13. The molecule has 1 aromatic carbocycles. The maximum absolute atomic E-state index is 11.6. The fraction of sp³-hybridized carbons (Fsp3) is 0.462. The number of hydrogen-bond acceptors (Lipinski definition) is 3. The smallest absolute Gasteiger partial charge is 0.212 e. The highest BCUT2D eigenvalue weighted by molar-refractivity contribution is 7.89. The highest BCUT2D eigenvalue weighted by Crippen LogP contribution is 2.19. The number of primary sulfonamides is 1. The zero-order valence-electron chi connectivity index (χ0n) is 11.2. The Bertz CT molecular complexity index is 676. The zero-order valence-corrected chi connectivity index (χ0v) is 12.0. The molecule has 0 radical (unpaired) electrons. The van der Waals surface area contributed by atoms with E-state index in [2.05, 4.69) is 5.10 Å². The number of rotatable bonds is 5. The van der Waals surface area contributed by atoms with Crippen LogP contribution < -0.4 is 5.14 Å². The van der Waals surface area contributed by atoms with Crippen LogP contribution in [0.15, 0.2) is 24.4 Å². The second-order valence-electron chi connectivity index (χ2n) is 4.87. The molecule has 0 fully saturated rings. The van der Waals surface area contributed by atoms with Crippen LogP contribution in [0, 0.1) is 0 Å². The van der Waals surface area contributed by atoms with Crippen LogP contribution in [-0.4, -0.2) is 23.4 Å². The van der Waals surface area contributed by atoms with Crippen LogP contribution >= 0.6 is 0 Å². The molecule has 0 saturated heterocycles. The van der Waals surface area contributed by atoms with E-state index in [-0.39, 0.29) is 0 Å². The van der Waals surface area contributed by atoms with E-state index in [0.29, 0.717) is 12.8 Å². The fourth-order valence-corrected chi connectivity index (χ4v) is 3.27. The van der Waals surface area contributed by atoms with Crippen molar-refractivity contribution in [1.82, 2.24) is 9.78 Å². The third-order valence-electron chi connectivity index (χ3n) is 3.35. The SMILES string of the molecule is CCCC(Cc1ccc2cnn(C)c2c1)S(N)(=O)=O. The summed E-state index contributed by atoms with van der Waals surface area (Å²) < 4.78 is 24.9. The van der Waals surface area contributed by atoms with Crippen molar-refractivity contribution < 1.29 is 8.42 Å². The molecule has 0 aliphatic heterocycles. The fourth-order valence-electron chi connectivity index (χ4n) is 2.28. The predicted octanol–water partition coefficient (Wildman–Crippen LogP) is 1.57. The van der Waals surface area contributed by atoms with E-state index >= 15 is 0 Å². The van der Waals surface area contributed by atoms with Gasteiger partial charge in [-0.05, 0) is 24.5 Å². The molecule has 1 atom stereocenters. The molecule has 0 bridgehead atoms. The molecule has 0 aliphatic rings. The quantitative estimate of drug-likeness (QED) is 0.903. The molecule has 1 unspecified atom stereocenters. The summed E-state index contributed by atoms with van der Waals surface area (Å²) in [4.78, 5) is 0. The van der Waals surface area contributed by atoms with Crippen molar-refractivity contribution in [3.63, 3.8) is 0 Å². The number of aromatic nitrogens is 2. The molecule has 1 aromatic heterocycles. The van der Waals surface area contributed by atoms with Gasteiger partial charge in [0.25, 0.3) is 0 Å². The van der Waals surface area contributed by atoms with E-state index in [0.717, 1.165) is 22.9 Å². The summed E-state index contributed by atoms with van der Waals surface area (Å²) in [5.41, 5.74) is 1.98. The molecule has 5 nitrogen and oxygen atoms in total. The van der Waals surface area contributed by atoms with Gasteiger partial charge in [0, 0.05) is 12.4 Å². The minimum absolute atomic E-state index is 0.452. The van der Waals surface area contributed by atoms with Crippen molar-refractivity contribution in [1.29, 1.82) is 0 Å². The number of benzene rings is 1. The van der Waals surface area contributed by atoms with Gasteiger partial charge in [0.05, 0.1) is 17.0 Å². The van der Waals surface area contributed by atoms with Gasteiger partial charge in [-0.2, -0.15) is 5.10 Å². The molecule has 0 amide bonds.